The lowest BCUT2D eigenvalue weighted by Gasteiger charge is -2.32. The molecule has 2 fully saturated rings. The molecule has 0 radical (unpaired) electrons. The predicted molar refractivity (Wildman–Crippen MR) is 140 cm³/mol. The Balaban J connectivity index is 1.64. The van der Waals surface area contributed by atoms with Gasteiger partial charge in [-0.2, -0.15) is 5.26 Å². The smallest absolute Gasteiger partial charge is 0.222 e. The third-order valence-electron chi connectivity index (χ3n) is 5.92. The van der Waals surface area contributed by atoms with Gasteiger partial charge in [-0.15, -0.1) is 0 Å². The molecule has 31 heavy (non-hydrogen) atoms. The number of hydrogen-bond acceptors (Lipinski definition) is 6. The number of nitrogens with zero attached hydrogens (tertiary/aromatic N) is 4. The first-order valence-electron chi connectivity index (χ1n) is 10.6. The fraction of sp³-hybridized carbons (Fsp3) is 0.478. The van der Waals surface area contributed by atoms with Crippen LogP contribution in [-0.2, 0) is 0 Å². The number of Topliss-reactive ketones (excluding diaryl/α,β-unsaturated/α-hetero) is 1. The zero-order valence-electron chi connectivity index (χ0n) is 18.1. The first kappa shape index (κ1) is 23.0. The second-order valence-electron chi connectivity index (χ2n) is 8.62. The zero-order chi connectivity index (χ0) is 22.1. The SMILES string of the molecule is Cc1cc2cc(C(=O)/C(C#N)=C/N(C)C)n(SI)c2cc1C1CCN(SC2CC2)CC1. The number of ketones is 1. The van der Waals surface area contributed by atoms with E-state index in [1.54, 1.807) is 11.1 Å². The molecule has 1 aliphatic carbocycles. The molecular weight excluding hydrogens is 539 g/mol. The van der Waals surface area contributed by atoms with Gasteiger partial charge in [-0.25, -0.2) is 0 Å². The summed E-state index contributed by atoms with van der Waals surface area (Å²) in [6, 6.07) is 8.48. The minimum atomic E-state index is -0.235. The first-order chi connectivity index (χ1) is 14.9. The second-order valence-corrected chi connectivity index (χ2v) is 11.7. The Kier molecular flexibility index (Phi) is 7.26. The number of fused-ring (bicyclic) bond motifs is 1. The number of hydrogen-bond donors (Lipinski definition) is 0. The van der Waals surface area contributed by atoms with E-state index in [4.69, 9.17) is 0 Å². The first-order valence-corrected chi connectivity index (χ1v) is 14.8. The lowest BCUT2D eigenvalue weighted by atomic mass is 9.87. The van der Waals surface area contributed by atoms with E-state index >= 15 is 0 Å². The van der Waals surface area contributed by atoms with Crippen LogP contribution in [0.4, 0.5) is 0 Å². The van der Waals surface area contributed by atoms with Gasteiger partial charge < -0.3 is 4.90 Å². The van der Waals surface area contributed by atoms with Crippen LogP contribution in [-0.4, -0.2) is 51.4 Å². The van der Waals surface area contributed by atoms with Crippen LogP contribution in [0, 0.1) is 18.3 Å². The molecule has 1 aliphatic heterocycles. The topological polar surface area (TPSA) is 52.3 Å². The maximum absolute atomic E-state index is 13.1. The van der Waals surface area contributed by atoms with Crippen molar-refractivity contribution in [3.8, 4) is 6.07 Å². The minimum Gasteiger partial charge on any atom is -0.382 e. The lowest BCUT2D eigenvalue weighted by molar-refractivity contribution is 0.103. The predicted octanol–water partition coefficient (Wildman–Crippen LogP) is 5.94. The van der Waals surface area contributed by atoms with Crippen LogP contribution in [0.1, 0.15) is 53.2 Å². The molecule has 0 bridgehead atoms. The van der Waals surface area contributed by atoms with Crippen LogP contribution in [0.15, 0.2) is 30.0 Å². The van der Waals surface area contributed by atoms with Crippen LogP contribution in [0.25, 0.3) is 10.9 Å². The van der Waals surface area contributed by atoms with Gasteiger partial charge in [0.1, 0.15) is 17.3 Å². The number of rotatable bonds is 7. The number of halogens is 1. The van der Waals surface area contributed by atoms with Gasteiger partial charge in [0.15, 0.2) is 0 Å². The van der Waals surface area contributed by atoms with Crippen molar-refractivity contribution < 1.29 is 4.79 Å². The van der Waals surface area contributed by atoms with E-state index in [0.29, 0.717) is 11.6 Å². The molecule has 4 rings (SSSR count). The number of carbonyl (C=O) groups is 1. The lowest BCUT2D eigenvalue weighted by Crippen LogP contribution is -2.28. The van der Waals surface area contributed by atoms with Gasteiger partial charge in [0.05, 0.1) is 5.52 Å². The number of aryl methyl sites for hydroxylation is 1. The Labute approximate surface area is 205 Å². The van der Waals surface area contributed by atoms with Crippen LogP contribution < -0.4 is 0 Å². The third kappa shape index (κ3) is 5.10. The number of carbonyl (C=O) groups excluding carboxylic acids is 1. The highest BCUT2D eigenvalue weighted by molar-refractivity contribution is 14.2. The van der Waals surface area contributed by atoms with E-state index < -0.39 is 0 Å². The Hall–Kier alpha value is -1.15. The van der Waals surface area contributed by atoms with Crippen molar-refractivity contribution in [3.05, 3.63) is 46.8 Å². The maximum Gasteiger partial charge on any atom is 0.222 e. The Bertz CT molecular complexity index is 1060. The summed E-state index contributed by atoms with van der Waals surface area (Å²) in [7, 11) is 5.12. The van der Waals surface area contributed by atoms with Crippen LogP contribution in [0.5, 0.6) is 0 Å². The largest absolute Gasteiger partial charge is 0.382 e. The van der Waals surface area contributed by atoms with Crippen LogP contribution >= 0.6 is 42.3 Å². The highest BCUT2D eigenvalue weighted by Crippen LogP contribution is 2.41. The van der Waals surface area contributed by atoms with Crippen molar-refractivity contribution in [1.29, 1.82) is 5.26 Å². The van der Waals surface area contributed by atoms with Crippen LogP contribution in [0.3, 0.4) is 0 Å². The van der Waals surface area contributed by atoms with Gasteiger partial charge >= 0.3 is 0 Å². The fourth-order valence-electron chi connectivity index (χ4n) is 4.23. The molecule has 0 N–H and O–H groups in total. The Morgan fingerprint density at radius 3 is 2.52 bits per heavy atom. The van der Waals surface area contributed by atoms with Crippen molar-refractivity contribution in [1.82, 2.24) is 13.2 Å². The van der Waals surface area contributed by atoms with Gasteiger partial charge in [0.2, 0.25) is 5.78 Å². The van der Waals surface area contributed by atoms with Crippen molar-refractivity contribution in [2.75, 3.05) is 27.2 Å². The highest BCUT2D eigenvalue weighted by atomic mass is 127. The molecule has 1 saturated carbocycles. The Morgan fingerprint density at radius 1 is 1.23 bits per heavy atom. The molecule has 2 aromatic rings. The van der Waals surface area contributed by atoms with Gasteiger partial charge in [0, 0.05) is 74.3 Å². The molecular formula is C23H27IN4OS2. The number of benzene rings is 1. The van der Waals surface area contributed by atoms with Gasteiger partial charge in [-0.3, -0.25) is 13.1 Å². The van der Waals surface area contributed by atoms with Gasteiger partial charge in [-0.1, -0.05) is 11.9 Å². The molecule has 5 nitrogen and oxygen atoms in total. The molecule has 0 spiro atoms. The van der Waals surface area contributed by atoms with Crippen LogP contribution in [0.2, 0.25) is 0 Å². The average Bonchev–Trinajstić information content (AvgIpc) is 3.49. The average molecular weight is 567 g/mol. The number of allylic oxidation sites excluding steroid dienone is 1. The second kappa shape index (κ2) is 9.77. The van der Waals surface area contributed by atoms with Gasteiger partial charge in [-0.05, 0) is 67.9 Å². The van der Waals surface area contributed by atoms with Crippen molar-refractivity contribution in [2.45, 2.75) is 43.8 Å². The van der Waals surface area contributed by atoms with E-state index in [1.807, 2.05) is 24.1 Å². The van der Waals surface area contributed by atoms with E-state index in [9.17, 15) is 10.1 Å². The van der Waals surface area contributed by atoms with E-state index in [0.717, 1.165) is 29.2 Å². The normalized spacial score (nSPS) is 18.4. The monoisotopic (exact) mass is 566 g/mol. The van der Waals surface area contributed by atoms with Crippen molar-refractivity contribution in [2.24, 2.45) is 0 Å². The molecule has 0 amide bonds. The molecule has 164 valence electrons. The van der Waals surface area contributed by atoms with Crippen molar-refractivity contribution >= 4 is 59.0 Å². The summed E-state index contributed by atoms with van der Waals surface area (Å²) in [6.45, 7) is 4.48. The number of piperidine rings is 1. The number of nitriles is 1. The van der Waals surface area contributed by atoms with E-state index in [-0.39, 0.29) is 11.4 Å². The standard InChI is InChI=1S/C23H27IN4OS2/c1-15-10-17-11-22(23(29)18(13-25)14-26(2)3)28(31-24)21(17)12-20(15)16-6-8-27(9-7-16)30-19-4-5-19/h10-12,14,16,19H,4-9H2,1-3H3/b18-14+. The van der Waals surface area contributed by atoms with Gasteiger partial charge in [0.25, 0.3) is 0 Å². The molecule has 0 unspecified atom stereocenters. The third-order valence-corrected chi connectivity index (χ3v) is 9.06. The summed E-state index contributed by atoms with van der Waals surface area (Å²) in [4.78, 5) is 14.8. The fourth-order valence-corrected chi connectivity index (χ4v) is 7.13. The van der Waals surface area contributed by atoms with E-state index in [1.165, 1.54) is 45.9 Å². The summed E-state index contributed by atoms with van der Waals surface area (Å²) < 4.78 is 4.53. The summed E-state index contributed by atoms with van der Waals surface area (Å²) in [5, 5.41) is 11.4. The quantitative estimate of drug-likeness (QED) is 0.136. The summed E-state index contributed by atoms with van der Waals surface area (Å²) >= 11 is 4.28. The Morgan fingerprint density at radius 2 is 1.94 bits per heavy atom. The van der Waals surface area contributed by atoms with E-state index in [2.05, 4.69) is 62.6 Å². The number of aromatic nitrogens is 1. The molecule has 2 aliphatic rings. The molecule has 1 aromatic heterocycles. The molecule has 1 aromatic carbocycles. The van der Waals surface area contributed by atoms with Crippen molar-refractivity contribution in [3.63, 3.8) is 0 Å². The maximum atomic E-state index is 13.1. The zero-order valence-corrected chi connectivity index (χ0v) is 21.9. The highest BCUT2D eigenvalue weighted by Gasteiger charge is 2.29. The molecule has 2 heterocycles. The molecule has 8 heteroatoms. The summed E-state index contributed by atoms with van der Waals surface area (Å²) in [6.07, 6.45) is 6.71. The summed E-state index contributed by atoms with van der Waals surface area (Å²) in [5.74, 6) is 0.326. The molecule has 0 atom stereocenters. The summed E-state index contributed by atoms with van der Waals surface area (Å²) in [5.41, 5.74) is 4.45. The minimum absolute atomic E-state index is 0.150. The molecule has 1 saturated heterocycles.